The van der Waals surface area contributed by atoms with E-state index in [-0.39, 0.29) is 19.0 Å². The van der Waals surface area contributed by atoms with Crippen molar-refractivity contribution in [3.8, 4) is 0 Å². The third-order valence-corrected chi connectivity index (χ3v) is 5.42. The quantitative estimate of drug-likeness (QED) is 0.605. The van der Waals surface area contributed by atoms with Crippen molar-refractivity contribution in [1.82, 2.24) is 5.06 Å². The van der Waals surface area contributed by atoms with Gasteiger partial charge in [0.1, 0.15) is 18.5 Å². The Bertz CT molecular complexity index is 687. The molecule has 0 bridgehead atoms. The predicted molar refractivity (Wildman–Crippen MR) is 102 cm³/mol. The summed E-state index contributed by atoms with van der Waals surface area (Å²) in [6.45, 7) is 1.84. The number of hydrogen-bond donors (Lipinski definition) is 1. The van der Waals surface area contributed by atoms with Gasteiger partial charge in [0, 0.05) is 31.6 Å². The summed E-state index contributed by atoms with van der Waals surface area (Å²) in [7, 11) is 1.41. The lowest BCUT2D eigenvalue weighted by atomic mass is 10.2. The van der Waals surface area contributed by atoms with Crippen molar-refractivity contribution in [1.29, 1.82) is 0 Å². The number of benzene rings is 1. The van der Waals surface area contributed by atoms with Crippen LogP contribution in [0.25, 0.3) is 0 Å². The maximum absolute atomic E-state index is 14.6. The van der Waals surface area contributed by atoms with E-state index < -0.39 is 17.4 Å². The zero-order chi connectivity index (χ0) is 18.7. The molecule has 0 aromatic heterocycles. The van der Waals surface area contributed by atoms with Crippen LogP contribution in [-0.2, 0) is 9.57 Å². The molecule has 1 aromatic carbocycles. The van der Waals surface area contributed by atoms with Crippen LogP contribution in [0.4, 0.5) is 25.4 Å². The molecule has 26 heavy (non-hydrogen) atoms. The van der Waals surface area contributed by atoms with Gasteiger partial charge in [-0.25, -0.2) is 14.2 Å². The summed E-state index contributed by atoms with van der Waals surface area (Å²) >= 11 is 5.48. The first kappa shape index (κ1) is 19.1. The number of cyclic esters (lactones) is 1. The van der Waals surface area contributed by atoms with E-state index in [1.165, 1.54) is 18.0 Å². The van der Waals surface area contributed by atoms with Crippen LogP contribution in [0.3, 0.4) is 0 Å². The molecule has 0 aliphatic carbocycles. The molecule has 0 radical (unpaired) electrons. The highest BCUT2D eigenvalue weighted by Crippen LogP contribution is 2.29. The maximum Gasteiger partial charge on any atom is 0.414 e. The predicted octanol–water partition coefficient (Wildman–Crippen LogP) is 2.62. The number of anilines is 2. The van der Waals surface area contributed by atoms with Gasteiger partial charge in [-0.2, -0.15) is 11.8 Å². The van der Waals surface area contributed by atoms with Crippen molar-refractivity contribution < 1.29 is 23.6 Å². The third kappa shape index (κ3) is 4.36. The molecule has 10 heteroatoms. The summed E-state index contributed by atoms with van der Waals surface area (Å²) < 4.78 is 19.8. The van der Waals surface area contributed by atoms with Crippen molar-refractivity contribution in [2.45, 2.75) is 6.10 Å². The van der Waals surface area contributed by atoms with E-state index in [9.17, 15) is 14.0 Å². The van der Waals surface area contributed by atoms with E-state index in [1.807, 2.05) is 16.7 Å². The topological polar surface area (TPSA) is 62.3 Å². The largest absolute Gasteiger partial charge is 0.441 e. The van der Waals surface area contributed by atoms with Gasteiger partial charge in [-0.05, 0) is 18.2 Å². The Morgan fingerprint density at radius 2 is 2.19 bits per heavy atom. The van der Waals surface area contributed by atoms with E-state index in [4.69, 9.17) is 9.57 Å². The monoisotopic (exact) mass is 401 g/mol. The van der Waals surface area contributed by atoms with E-state index >= 15 is 0 Å². The van der Waals surface area contributed by atoms with Gasteiger partial charge in [0.15, 0.2) is 0 Å². The van der Waals surface area contributed by atoms with E-state index in [0.717, 1.165) is 29.7 Å². The fourth-order valence-corrected chi connectivity index (χ4v) is 3.75. The molecule has 1 aromatic rings. The third-order valence-electron chi connectivity index (χ3n) is 4.19. The number of amides is 2. The number of carbonyl (C=O) groups excluding carboxylic acids is 2. The van der Waals surface area contributed by atoms with Crippen LogP contribution in [0.2, 0.25) is 0 Å². The molecule has 0 saturated carbocycles. The number of thioether (sulfide) groups is 1. The molecule has 2 amide bonds. The smallest absolute Gasteiger partial charge is 0.414 e. The van der Waals surface area contributed by atoms with Crippen molar-refractivity contribution in [3.63, 3.8) is 0 Å². The van der Waals surface area contributed by atoms with Crippen molar-refractivity contribution in [3.05, 3.63) is 24.0 Å². The van der Waals surface area contributed by atoms with E-state index in [0.29, 0.717) is 11.4 Å². The summed E-state index contributed by atoms with van der Waals surface area (Å²) in [5.74, 6) is 1.59. The Morgan fingerprint density at radius 1 is 1.46 bits per heavy atom. The SMILES string of the molecule is CN(OC[C@@H]1CN(c2ccc(N3CCSCC3)c(F)c2)C(=O)O1)C(=O)S. The van der Waals surface area contributed by atoms with Crippen LogP contribution in [0.15, 0.2) is 18.2 Å². The minimum absolute atomic E-state index is 0.0110. The molecule has 142 valence electrons. The molecule has 2 aliphatic rings. The summed E-state index contributed by atoms with van der Waals surface area (Å²) in [6, 6.07) is 4.77. The average molecular weight is 401 g/mol. The Morgan fingerprint density at radius 3 is 2.85 bits per heavy atom. The number of hydrogen-bond acceptors (Lipinski definition) is 6. The molecular weight excluding hydrogens is 381 g/mol. The molecule has 0 unspecified atom stereocenters. The number of nitrogens with zero attached hydrogens (tertiary/aromatic N) is 3. The second kappa shape index (κ2) is 8.36. The summed E-state index contributed by atoms with van der Waals surface area (Å²) in [5.41, 5.74) is 0.985. The molecule has 2 saturated heterocycles. The summed E-state index contributed by atoms with van der Waals surface area (Å²) in [5, 5.41) is 0.394. The average Bonchev–Trinajstić information content (AvgIpc) is 3.01. The van der Waals surface area contributed by atoms with Crippen LogP contribution >= 0.6 is 24.4 Å². The lowest BCUT2D eigenvalue weighted by molar-refractivity contribution is -0.113. The number of halogens is 1. The second-order valence-electron chi connectivity index (χ2n) is 5.93. The lowest BCUT2D eigenvalue weighted by Gasteiger charge is -2.29. The number of rotatable bonds is 5. The van der Waals surface area contributed by atoms with Gasteiger partial charge in [-0.3, -0.25) is 14.5 Å². The molecule has 3 rings (SSSR count). The Kier molecular flexibility index (Phi) is 6.15. The molecule has 2 heterocycles. The first-order valence-corrected chi connectivity index (χ1v) is 9.76. The van der Waals surface area contributed by atoms with Gasteiger partial charge < -0.3 is 9.64 Å². The van der Waals surface area contributed by atoms with Gasteiger partial charge in [0.2, 0.25) is 0 Å². The molecular formula is C16H20FN3O4S2. The highest BCUT2D eigenvalue weighted by Gasteiger charge is 2.33. The Labute approximate surface area is 160 Å². The van der Waals surface area contributed by atoms with Gasteiger partial charge in [0.05, 0.1) is 17.9 Å². The van der Waals surface area contributed by atoms with Crippen molar-refractivity contribution in [2.24, 2.45) is 0 Å². The standard InChI is InChI=1S/C16H20FN3O4S2/c1-18(16(22)25)23-10-12-9-20(15(21)24-12)11-2-3-14(13(17)8-11)19-4-6-26-7-5-19/h2-3,8,12H,4-7,9-10H2,1H3,(H,22,25)/t12-/m0/s1. The summed E-state index contributed by atoms with van der Waals surface area (Å²) in [6.07, 6.45) is -1.13. The van der Waals surface area contributed by atoms with Crippen LogP contribution in [0.5, 0.6) is 0 Å². The molecule has 0 N–H and O–H groups in total. The van der Waals surface area contributed by atoms with Gasteiger partial charge in [-0.1, -0.05) is 12.6 Å². The minimum atomic E-state index is -0.569. The zero-order valence-electron chi connectivity index (χ0n) is 14.3. The highest BCUT2D eigenvalue weighted by molar-refractivity contribution is 7.99. The summed E-state index contributed by atoms with van der Waals surface area (Å²) in [4.78, 5) is 31.6. The number of thiol groups is 1. The van der Waals surface area contributed by atoms with Crippen molar-refractivity contribution >= 4 is 47.1 Å². The molecule has 1 atom stereocenters. The first-order chi connectivity index (χ1) is 12.5. The first-order valence-electron chi connectivity index (χ1n) is 8.15. The number of carbonyl (C=O) groups is 2. The lowest BCUT2D eigenvalue weighted by Crippen LogP contribution is -2.33. The van der Waals surface area contributed by atoms with E-state index in [1.54, 1.807) is 12.1 Å². The fraction of sp³-hybridized carbons (Fsp3) is 0.500. The van der Waals surface area contributed by atoms with Crippen molar-refractivity contribution in [2.75, 3.05) is 54.6 Å². The molecule has 7 nitrogen and oxygen atoms in total. The fourth-order valence-electron chi connectivity index (χ4n) is 2.79. The zero-order valence-corrected chi connectivity index (χ0v) is 16.0. The van der Waals surface area contributed by atoms with Gasteiger partial charge >= 0.3 is 11.3 Å². The second-order valence-corrected chi connectivity index (χ2v) is 7.53. The number of hydroxylamine groups is 2. The minimum Gasteiger partial charge on any atom is -0.441 e. The van der Waals surface area contributed by atoms with Crippen LogP contribution < -0.4 is 9.80 Å². The van der Waals surface area contributed by atoms with Crippen LogP contribution in [0, 0.1) is 5.82 Å². The molecule has 0 spiro atoms. The molecule has 2 fully saturated rings. The Balaban J connectivity index is 1.64. The normalized spacial score (nSPS) is 20.3. The maximum atomic E-state index is 14.6. The molecule has 2 aliphatic heterocycles. The van der Waals surface area contributed by atoms with Gasteiger partial charge in [-0.15, -0.1) is 0 Å². The van der Waals surface area contributed by atoms with Gasteiger partial charge in [0.25, 0.3) is 0 Å². The Hall–Kier alpha value is -1.65. The van der Waals surface area contributed by atoms with E-state index in [2.05, 4.69) is 12.6 Å². The highest BCUT2D eigenvalue weighted by atomic mass is 32.2. The number of ether oxygens (including phenoxy) is 1. The van der Waals surface area contributed by atoms with Crippen LogP contribution in [0.1, 0.15) is 0 Å². The van der Waals surface area contributed by atoms with Crippen LogP contribution in [-0.4, -0.2) is 67.3 Å².